The van der Waals surface area contributed by atoms with Gasteiger partial charge in [-0.15, -0.1) is 0 Å². The Morgan fingerprint density at radius 2 is 1.50 bits per heavy atom. The number of carboxylic acids is 1. The molecule has 4 heteroatoms. The van der Waals surface area contributed by atoms with Gasteiger partial charge in [0.05, 0.1) is 0 Å². The van der Waals surface area contributed by atoms with Gasteiger partial charge in [-0.2, -0.15) is 0 Å². The highest BCUT2D eigenvalue weighted by Gasteiger charge is 2.33. The number of carboxylic acid groups (broad SMARTS) is 1. The fraction of sp³-hybridized carbons (Fsp3) is 0.767. The number of benzene rings is 1. The first-order valence-electron chi connectivity index (χ1n) is 13.5. The summed E-state index contributed by atoms with van der Waals surface area (Å²) in [4.78, 5) is 9.00. The van der Waals surface area contributed by atoms with Crippen LogP contribution >= 0.6 is 0 Å². The summed E-state index contributed by atoms with van der Waals surface area (Å²) in [5.41, 5.74) is 3.20. The van der Waals surface area contributed by atoms with Gasteiger partial charge < -0.3 is 14.9 Å². The zero-order chi connectivity index (χ0) is 25.9. The van der Waals surface area contributed by atoms with E-state index < -0.39 is 5.97 Å². The van der Waals surface area contributed by atoms with E-state index in [1.165, 1.54) is 56.9 Å². The van der Waals surface area contributed by atoms with Gasteiger partial charge >= 0.3 is 0 Å². The van der Waals surface area contributed by atoms with Crippen LogP contribution in [0.4, 0.5) is 0 Å². The lowest BCUT2D eigenvalue weighted by Gasteiger charge is -2.37. The second-order valence-electron chi connectivity index (χ2n) is 11.6. The molecule has 0 saturated heterocycles. The van der Waals surface area contributed by atoms with Crippen LogP contribution in [0.25, 0.3) is 0 Å². The largest absolute Gasteiger partial charge is 0.508 e. The Morgan fingerprint density at radius 1 is 1.00 bits per heavy atom. The normalized spacial score (nSPS) is 19.0. The second kappa shape index (κ2) is 14.6. The third-order valence-electron chi connectivity index (χ3n) is 7.35. The molecule has 0 unspecified atom stereocenters. The Hall–Kier alpha value is -1.71. The molecular weight excluding hydrogens is 424 g/mol. The maximum atomic E-state index is 10.1. The Kier molecular flexibility index (Phi) is 13.1. The van der Waals surface area contributed by atoms with Gasteiger partial charge in [0.2, 0.25) is 0 Å². The van der Waals surface area contributed by atoms with E-state index in [2.05, 4.69) is 41.5 Å². The molecular formula is C30H52O4. The second-order valence-corrected chi connectivity index (χ2v) is 11.6. The molecule has 0 spiro atoms. The number of aliphatic carboxylic acids is 1. The van der Waals surface area contributed by atoms with E-state index in [1.807, 2.05) is 13.0 Å². The molecule has 0 amide bonds. The molecule has 1 aromatic carbocycles. The first-order valence-corrected chi connectivity index (χ1v) is 13.5. The molecule has 1 aliphatic rings. The summed E-state index contributed by atoms with van der Waals surface area (Å²) in [5, 5.41) is 17.5. The Morgan fingerprint density at radius 3 is 2.03 bits per heavy atom. The van der Waals surface area contributed by atoms with Crippen LogP contribution in [0.3, 0.4) is 0 Å². The van der Waals surface area contributed by atoms with Gasteiger partial charge in [-0.3, -0.25) is 4.79 Å². The highest BCUT2D eigenvalue weighted by Crippen LogP contribution is 2.42. The van der Waals surface area contributed by atoms with Crippen LogP contribution in [-0.4, -0.2) is 21.8 Å². The molecule has 0 saturated carbocycles. The summed E-state index contributed by atoms with van der Waals surface area (Å²) >= 11 is 0. The number of carbonyl (C=O) groups is 1. The number of hydrogen-bond acceptors (Lipinski definition) is 3. The molecule has 4 nitrogen and oxygen atoms in total. The van der Waals surface area contributed by atoms with Crippen molar-refractivity contribution in [1.29, 1.82) is 0 Å². The van der Waals surface area contributed by atoms with E-state index in [0.717, 1.165) is 60.8 Å². The number of phenolic OH excluding ortho intramolecular Hbond substituents is 1. The van der Waals surface area contributed by atoms with Crippen LogP contribution in [-0.2, 0) is 11.2 Å². The summed E-state index contributed by atoms with van der Waals surface area (Å²) in [5.74, 6) is 3.14. The van der Waals surface area contributed by atoms with E-state index in [-0.39, 0.29) is 5.60 Å². The van der Waals surface area contributed by atoms with E-state index in [0.29, 0.717) is 5.75 Å². The van der Waals surface area contributed by atoms with Crippen LogP contribution < -0.4 is 4.74 Å². The summed E-state index contributed by atoms with van der Waals surface area (Å²) in [6, 6.07) is 1.85. The summed E-state index contributed by atoms with van der Waals surface area (Å²) < 4.78 is 6.52. The highest BCUT2D eigenvalue weighted by molar-refractivity contribution is 5.63. The van der Waals surface area contributed by atoms with Gasteiger partial charge in [0.1, 0.15) is 17.1 Å². The van der Waals surface area contributed by atoms with Gasteiger partial charge in [-0.25, -0.2) is 0 Å². The average Bonchev–Trinajstić information content (AvgIpc) is 2.71. The topological polar surface area (TPSA) is 66.8 Å². The maximum absolute atomic E-state index is 10.1. The summed E-state index contributed by atoms with van der Waals surface area (Å²) in [7, 11) is 0. The van der Waals surface area contributed by atoms with Crippen molar-refractivity contribution in [2.24, 2.45) is 17.8 Å². The molecule has 3 atom stereocenters. The quantitative estimate of drug-likeness (QED) is 0.317. The first-order chi connectivity index (χ1) is 15.8. The molecule has 1 aromatic rings. The van der Waals surface area contributed by atoms with Crippen LogP contribution in [0, 0.1) is 31.6 Å². The average molecular weight is 477 g/mol. The number of aryl methyl sites for hydroxylation is 1. The molecule has 196 valence electrons. The molecule has 1 aliphatic heterocycles. The van der Waals surface area contributed by atoms with Crippen LogP contribution in [0.1, 0.15) is 122 Å². The monoisotopic (exact) mass is 476 g/mol. The standard InChI is InChI=1S/C28H48O2.C2H4O2/c1-20(2)11-8-12-21(3)13-9-14-22(4)15-10-17-28(7)18-16-25-24(6)26(29)19-23(5)27(25)30-28;1-2(3)4/h19-22,29H,8-18H2,1-7H3;1H3,(H,3,4)/t21-,22-,28-;/m1./s1. The van der Waals surface area contributed by atoms with Crippen molar-refractivity contribution in [3.05, 3.63) is 22.8 Å². The first kappa shape index (κ1) is 30.3. The molecule has 2 rings (SSSR count). The third-order valence-corrected chi connectivity index (χ3v) is 7.35. The van der Waals surface area contributed by atoms with Gasteiger partial charge in [-0.05, 0) is 81.4 Å². The Balaban J connectivity index is 0.00000133. The molecule has 2 N–H and O–H groups in total. The molecule has 0 bridgehead atoms. The van der Waals surface area contributed by atoms with Crippen molar-refractivity contribution < 1.29 is 19.7 Å². The minimum atomic E-state index is -0.833. The Labute approximate surface area is 209 Å². The molecule has 0 aromatic heterocycles. The van der Waals surface area contributed by atoms with Gasteiger partial charge in [0, 0.05) is 12.5 Å². The van der Waals surface area contributed by atoms with Crippen LogP contribution in [0.15, 0.2) is 6.07 Å². The molecule has 0 fully saturated rings. The predicted molar refractivity (Wildman–Crippen MR) is 143 cm³/mol. The zero-order valence-corrected chi connectivity index (χ0v) is 23.3. The maximum Gasteiger partial charge on any atom is 0.300 e. The van der Waals surface area contributed by atoms with Crippen molar-refractivity contribution in [3.63, 3.8) is 0 Å². The van der Waals surface area contributed by atoms with Gasteiger partial charge in [0.15, 0.2) is 0 Å². The smallest absolute Gasteiger partial charge is 0.300 e. The van der Waals surface area contributed by atoms with Crippen molar-refractivity contribution in [2.75, 3.05) is 0 Å². The van der Waals surface area contributed by atoms with Crippen LogP contribution in [0.5, 0.6) is 11.5 Å². The van der Waals surface area contributed by atoms with Crippen molar-refractivity contribution in [3.8, 4) is 11.5 Å². The van der Waals surface area contributed by atoms with Gasteiger partial charge in [-0.1, -0.05) is 72.6 Å². The van der Waals surface area contributed by atoms with Crippen LogP contribution in [0.2, 0.25) is 0 Å². The highest BCUT2D eigenvalue weighted by atomic mass is 16.5. The molecule has 0 radical (unpaired) electrons. The predicted octanol–water partition coefficient (Wildman–Crippen LogP) is 8.62. The molecule has 0 aliphatic carbocycles. The number of ether oxygens (including phenoxy) is 1. The van der Waals surface area contributed by atoms with E-state index in [1.54, 1.807) is 0 Å². The van der Waals surface area contributed by atoms with E-state index in [4.69, 9.17) is 14.6 Å². The third kappa shape index (κ3) is 11.1. The number of fused-ring (bicyclic) bond motifs is 1. The lowest BCUT2D eigenvalue weighted by Crippen LogP contribution is -2.37. The summed E-state index contributed by atoms with van der Waals surface area (Å²) in [6.07, 6.45) is 14.1. The van der Waals surface area contributed by atoms with E-state index >= 15 is 0 Å². The van der Waals surface area contributed by atoms with Gasteiger partial charge in [0.25, 0.3) is 5.97 Å². The minimum Gasteiger partial charge on any atom is -0.508 e. The number of rotatable bonds is 12. The molecule has 34 heavy (non-hydrogen) atoms. The summed E-state index contributed by atoms with van der Waals surface area (Å²) in [6.45, 7) is 16.9. The SMILES string of the molecule is CC(=O)O.Cc1cc(O)c(C)c2c1O[C@](C)(CCC[C@H](C)CCC[C@H](C)CCCC(C)C)CC2. The lowest BCUT2D eigenvalue weighted by atomic mass is 9.84. The van der Waals surface area contributed by atoms with Crippen molar-refractivity contribution in [1.82, 2.24) is 0 Å². The van der Waals surface area contributed by atoms with Crippen molar-refractivity contribution >= 4 is 5.97 Å². The zero-order valence-electron chi connectivity index (χ0n) is 23.3. The molecule has 1 heterocycles. The minimum absolute atomic E-state index is 0.0637. The number of phenols is 1. The lowest BCUT2D eigenvalue weighted by molar-refractivity contribution is -0.134. The number of aromatic hydroxyl groups is 1. The fourth-order valence-electron chi connectivity index (χ4n) is 5.05. The fourth-order valence-corrected chi connectivity index (χ4v) is 5.05. The number of hydrogen-bond donors (Lipinski definition) is 2. The Bertz CT molecular complexity index is 751. The van der Waals surface area contributed by atoms with E-state index in [9.17, 15) is 5.11 Å². The van der Waals surface area contributed by atoms with Crippen molar-refractivity contribution in [2.45, 2.75) is 132 Å².